The predicted octanol–water partition coefficient (Wildman–Crippen LogP) is 3.31. The predicted molar refractivity (Wildman–Crippen MR) is 57.2 cm³/mol. The molecule has 0 radical (unpaired) electrons. The van der Waals surface area contributed by atoms with Gasteiger partial charge in [0.05, 0.1) is 5.92 Å². The van der Waals surface area contributed by atoms with Gasteiger partial charge in [-0.1, -0.05) is 33.6 Å². The first-order chi connectivity index (χ1) is 6.41. The summed E-state index contributed by atoms with van der Waals surface area (Å²) >= 11 is 0. The van der Waals surface area contributed by atoms with Crippen molar-refractivity contribution < 1.29 is 9.90 Å². The Labute approximate surface area is 86.7 Å². The third kappa shape index (κ3) is 3.32. The smallest absolute Gasteiger partial charge is 0.306 e. The summed E-state index contributed by atoms with van der Waals surface area (Å²) in [5.74, 6) is -0.188. The summed E-state index contributed by atoms with van der Waals surface area (Å²) in [6.07, 6.45) is 5.85. The van der Waals surface area contributed by atoms with Crippen LogP contribution in [0.15, 0.2) is 0 Å². The van der Waals surface area contributed by atoms with Crippen LogP contribution in [0.1, 0.15) is 52.9 Å². The zero-order chi connectivity index (χ0) is 10.8. The average Bonchev–Trinajstić information content (AvgIpc) is 2.01. The number of carbonyl (C=O) groups is 1. The monoisotopic (exact) mass is 198 g/mol. The van der Waals surface area contributed by atoms with Gasteiger partial charge in [0.2, 0.25) is 0 Å². The highest BCUT2D eigenvalue weighted by Crippen LogP contribution is 2.40. The first kappa shape index (κ1) is 11.5. The van der Waals surface area contributed by atoms with E-state index < -0.39 is 5.97 Å². The van der Waals surface area contributed by atoms with Crippen LogP contribution in [-0.2, 0) is 4.79 Å². The van der Waals surface area contributed by atoms with Crippen molar-refractivity contribution in [1.29, 1.82) is 0 Å². The van der Waals surface area contributed by atoms with Gasteiger partial charge in [0.25, 0.3) is 0 Å². The highest BCUT2D eigenvalue weighted by atomic mass is 16.4. The van der Waals surface area contributed by atoms with Gasteiger partial charge in [-0.3, -0.25) is 4.79 Å². The summed E-state index contributed by atoms with van der Waals surface area (Å²) in [4.78, 5) is 10.7. The summed E-state index contributed by atoms with van der Waals surface area (Å²) in [6, 6.07) is 0. The SMILES string of the molecule is CC(CC1CCCC(C)(C)C1)C(=O)O. The summed E-state index contributed by atoms with van der Waals surface area (Å²) in [5, 5.41) is 8.84. The number of hydrogen-bond acceptors (Lipinski definition) is 1. The van der Waals surface area contributed by atoms with Crippen molar-refractivity contribution in [3.05, 3.63) is 0 Å². The van der Waals surface area contributed by atoms with Crippen LogP contribution < -0.4 is 0 Å². The van der Waals surface area contributed by atoms with Gasteiger partial charge >= 0.3 is 5.97 Å². The standard InChI is InChI=1S/C12H22O2/c1-9(11(13)14)7-10-5-4-6-12(2,3)8-10/h9-10H,4-8H2,1-3H3,(H,13,14). The first-order valence-electron chi connectivity index (χ1n) is 5.63. The van der Waals surface area contributed by atoms with Gasteiger partial charge in [-0.25, -0.2) is 0 Å². The lowest BCUT2D eigenvalue weighted by Gasteiger charge is -2.35. The molecule has 1 rings (SSSR count). The van der Waals surface area contributed by atoms with Gasteiger partial charge in [0, 0.05) is 0 Å². The van der Waals surface area contributed by atoms with E-state index in [1.807, 2.05) is 6.92 Å². The van der Waals surface area contributed by atoms with Crippen LogP contribution in [-0.4, -0.2) is 11.1 Å². The number of carboxylic acid groups (broad SMARTS) is 1. The second kappa shape index (κ2) is 4.33. The molecule has 0 bridgehead atoms. The van der Waals surface area contributed by atoms with Gasteiger partial charge in [-0.05, 0) is 30.6 Å². The van der Waals surface area contributed by atoms with Crippen molar-refractivity contribution in [3.63, 3.8) is 0 Å². The maximum Gasteiger partial charge on any atom is 0.306 e. The van der Waals surface area contributed by atoms with Gasteiger partial charge < -0.3 is 5.11 Å². The van der Waals surface area contributed by atoms with E-state index in [4.69, 9.17) is 5.11 Å². The highest BCUT2D eigenvalue weighted by Gasteiger charge is 2.29. The molecule has 1 aliphatic carbocycles. The van der Waals surface area contributed by atoms with E-state index in [0.717, 1.165) is 6.42 Å². The Morgan fingerprint density at radius 2 is 2.21 bits per heavy atom. The summed E-state index contributed by atoms with van der Waals surface area (Å²) in [6.45, 7) is 6.42. The molecule has 0 heterocycles. The van der Waals surface area contributed by atoms with Crippen LogP contribution in [0.3, 0.4) is 0 Å². The van der Waals surface area contributed by atoms with Gasteiger partial charge in [-0.2, -0.15) is 0 Å². The Morgan fingerprint density at radius 1 is 1.57 bits per heavy atom. The largest absolute Gasteiger partial charge is 0.481 e. The molecular weight excluding hydrogens is 176 g/mol. The fraction of sp³-hybridized carbons (Fsp3) is 0.917. The molecule has 2 nitrogen and oxygen atoms in total. The van der Waals surface area contributed by atoms with Crippen LogP contribution in [0.25, 0.3) is 0 Å². The molecule has 0 aromatic rings. The van der Waals surface area contributed by atoms with Crippen LogP contribution in [0.2, 0.25) is 0 Å². The van der Waals surface area contributed by atoms with E-state index in [-0.39, 0.29) is 5.92 Å². The van der Waals surface area contributed by atoms with E-state index in [2.05, 4.69) is 13.8 Å². The fourth-order valence-electron chi connectivity index (χ4n) is 2.66. The van der Waals surface area contributed by atoms with Gasteiger partial charge in [-0.15, -0.1) is 0 Å². The lowest BCUT2D eigenvalue weighted by atomic mass is 9.70. The third-order valence-electron chi connectivity index (χ3n) is 3.42. The van der Waals surface area contributed by atoms with Gasteiger partial charge in [0.15, 0.2) is 0 Å². The molecule has 82 valence electrons. The molecule has 2 atom stereocenters. The molecule has 0 aromatic heterocycles. The van der Waals surface area contributed by atoms with E-state index in [0.29, 0.717) is 11.3 Å². The maximum atomic E-state index is 10.7. The molecule has 14 heavy (non-hydrogen) atoms. The highest BCUT2D eigenvalue weighted by molar-refractivity contribution is 5.69. The molecule has 0 amide bonds. The zero-order valence-electron chi connectivity index (χ0n) is 9.55. The Bertz CT molecular complexity index is 208. The van der Waals surface area contributed by atoms with E-state index >= 15 is 0 Å². The van der Waals surface area contributed by atoms with Crippen molar-refractivity contribution in [1.82, 2.24) is 0 Å². The van der Waals surface area contributed by atoms with Crippen LogP contribution >= 0.6 is 0 Å². The molecule has 0 spiro atoms. The molecule has 1 aliphatic rings. The third-order valence-corrected chi connectivity index (χ3v) is 3.42. The minimum atomic E-state index is -0.645. The Kier molecular flexibility index (Phi) is 3.57. The Morgan fingerprint density at radius 3 is 2.71 bits per heavy atom. The molecule has 1 N–H and O–H groups in total. The molecule has 0 aromatic carbocycles. The Hall–Kier alpha value is -0.530. The molecule has 2 heteroatoms. The summed E-state index contributed by atoms with van der Waals surface area (Å²) in [5.41, 5.74) is 0.432. The maximum absolute atomic E-state index is 10.7. The normalized spacial score (nSPS) is 28.4. The topological polar surface area (TPSA) is 37.3 Å². The van der Waals surface area contributed by atoms with Crippen molar-refractivity contribution in [2.75, 3.05) is 0 Å². The second-order valence-corrected chi connectivity index (χ2v) is 5.60. The van der Waals surface area contributed by atoms with Crippen LogP contribution in [0.4, 0.5) is 0 Å². The van der Waals surface area contributed by atoms with E-state index in [9.17, 15) is 4.79 Å². The second-order valence-electron chi connectivity index (χ2n) is 5.60. The van der Waals surface area contributed by atoms with Crippen LogP contribution in [0.5, 0.6) is 0 Å². The number of aliphatic carboxylic acids is 1. The minimum Gasteiger partial charge on any atom is -0.481 e. The Balaban J connectivity index is 2.42. The lowest BCUT2D eigenvalue weighted by molar-refractivity contribution is -0.141. The minimum absolute atomic E-state index is 0.172. The molecule has 1 fully saturated rings. The molecule has 0 aliphatic heterocycles. The molecule has 1 saturated carbocycles. The van der Waals surface area contributed by atoms with Crippen molar-refractivity contribution >= 4 is 5.97 Å². The van der Waals surface area contributed by atoms with Crippen molar-refractivity contribution in [2.45, 2.75) is 52.9 Å². The average molecular weight is 198 g/mol. The molecule has 2 unspecified atom stereocenters. The van der Waals surface area contributed by atoms with Gasteiger partial charge in [0.1, 0.15) is 0 Å². The number of hydrogen-bond donors (Lipinski definition) is 1. The van der Waals surface area contributed by atoms with Crippen LogP contribution in [0, 0.1) is 17.3 Å². The van der Waals surface area contributed by atoms with E-state index in [1.165, 1.54) is 25.7 Å². The lowest BCUT2D eigenvalue weighted by Crippen LogP contribution is -2.25. The van der Waals surface area contributed by atoms with Crippen molar-refractivity contribution in [3.8, 4) is 0 Å². The van der Waals surface area contributed by atoms with Crippen molar-refractivity contribution in [2.24, 2.45) is 17.3 Å². The molecular formula is C12H22O2. The fourth-order valence-corrected chi connectivity index (χ4v) is 2.66. The summed E-state index contributed by atoms with van der Waals surface area (Å²) < 4.78 is 0. The first-order valence-corrected chi connectivity index (χ1v) is 5.63. The van der Waals surface area contributed by atoms with E-state index in [1.54, 1.807) is 0 Å². The number of rotatable bonds is 3. The summed E-state index contributed by atoms with van der Waals surface area (Å²) in [7, 11) is 0. The zero-order valence-corrected chi connectivity index (χ0v) is 9.55. The molecule has 0 saturated heterocycles. The number of carboxylic acids is 1. The quantitative estimate of drug-likeness (QED) is 0.755.